The summed E-state index contributed by atoms with van der Waals surface area (Å²) in [4.78, 5) is 20.3. The first kappa shape index (κ1) is 14.1. The summed E-state index contributed by atoms with van der Waals surface area (Å²) in [6.07, 6.45) is 1.71. The lowest BCUT2D eigenvalue weighted by molar-refractivity contribution is 0.638. The summed E-state index contributed by atoms with van der Waals surface area (Å²) in [5, 5.41) is 13.0. The maximum absolute atomic E-state index is 11.7. The minimum atomic E-state index is -0.108. The highest BCUT2D eigenvalue weighted by atomic mass is 16.1. The molecule has 0 aromatic carbocycles. The molecule has 3 rings (SSSR count). The van der Waals surface area contributed by atoms with Gasteiger partial charge in [-0.1, -0.05) is 6.07 Å². The molecule has 0 aliphatic carbocycles. The van der Waals surface area contributed by atoms with Crippen molar-refractivity contribution in [1.29, 1.82) is 5.26 Å². The molecule has 0 saturated carbocycles. The largest absolute Gasteiger partial charge is 0.367 e. The molecule has 0 unspecified atom stereocenters. The number of piperazine rings is 1. The Balaban J connectivity index is 1.71. The van der Waals surface area contributed by atoms with Gasteiger partial charge in [0.15, 0.2) is 0 Å². The van der Waals surface area contributed by atoms with Gasteiger partial charge in [-0.2, -0.15) is 10.4 Å². The summed E-state index contributed by atoms with van der Waals surface area (Å²) < 4.78 is 1.32. The van der Waals surface area contributed by atoms with Crippen molar-refractivity contribution >= 4 is 11.5 Å². The van der Waals surface area contributed by atoms with Crippen molar-refractivity contribution in [3.05, 3.63) is 46.5 Å². The summed E-state index contributed by atoms with van der Waals surface area (Å²) in [5.41, 5.74) is 1.17. The Kier molecular flexibility index (Phi) is 3.74. The van der Waals surface area contributed by atoms with E-state index in [2.05, 4.69) is 26.0 Å². The standard InChI is InChI=1S/C15H16N6O/c1-19-15(22)9-13(11-17-19)20-5-7-21(8-6-20)14-4-2-3-12(10-16)18-14/h2-4,9,11H,5-8H2,1H3. The smallest absolute Gasteiger partial charge is 0.268 e. The van der Waals surface area contributed by atoms with E-state index in [0.29, 0.717) is 5.69 Å². The van der Waals surface area contributed by atoms with Crippen molar-refractivity contribution in [1.82, 2.24) is 14.8 Å². The van der Waals surface area contributed by atoms with Gasteiger partial charge in [0, 0.05) is 39.3 Å². The molecule has 0 spiro atoms. The molecule has 7 heteroatoms. The molecule has 7 nitrogen and oxygen atoms in total. The summed E-state index contributed by atoms with van der Waals surface area (Å²) in [5.74, 6) is 0.820. The van der Waals surface area contributed by atoms with E-state index in [-0.39, 0.29) is 5.56 Å². The molecule has 22 heavy (non-hydrogen) atoms. The molecule has 3 heterocycles. The van der Waals surface area contributed by atoms with Crippen LogP contribution in [0.5, 0.6) is 0 Å². The minimum absolute atomic E-state index is 0.108. The van der Waals surface area contributed by atoms with Crippen LogP contribution in [0.25, 0.3) is 0 Å². The number of anilines is 2. The van der Waals surface area contributed by atoms with Crippen LogP contribution in [0.4, 0.5) is 11.5 Å². The zero-order valence-electron chi connectivity index (χ0n) is 12.3. The van der Waals surface area contributed by atoms with Crippen molar-refractivity contribution in [2.24, 2.45) is 7.05 Å². The molecule has 2 aromatic heterocycles. The molecule has 0 radical (unpaired) electrons. The topological polar surface area (TPSA) is 78.1 Å². The first-order valence-corrected chi connectivity index (χ1v) is 7.08. The lowest BCUT2D eigenvalue weighted by Crippen LogP contribution is -2.47. The van der Waals surface area contributed by atoms with Crippen LogP contribution in [-0.4, -0.2) is 40.9 Å². The van der Waals surface area contributed by atoms with Crippen molar-refractivity contribution < 1.29 is 0 Å². The molecule has 2 aromatic rings. The predicted octanol–water partition coefficient (Wildman–Crippen LogP) is 0.374. The van der Waals surface area contributed by atoms with E-state index >= 15 is 0 Å². The second kappa shape index (κ2) is 5.85. The fraction of sp³-hybridized carbons (Fsp3) is 0.333. The SMILES string of the molecule is Cn1ncc(N2CCN(c3cccc(C#N)n3)CC2)cc1=O. The van der Waals surface area contributed by atoms with Crippen LogP contribution < -0.4 is 15.4 Å². The highest BCUT2D eigenvalue weighted by molar-refractivity contribution is 5.48. The number of pyridine rings is 1. The van der Waals surface area contributed by atoms with Crippen LogP contribution in [0, 0.1) is 11.3 Å². The minimum Gasteiger partial charge on any atom is -0.367 e. The zero-order chi connectivity index (χ0) is 15.5. The highest BCUT2D eigenvalue weighted by Gasteiger charge is 2.19. The first-order chi connectivity index (χ1) is 10.7. The number of aromatic nitrogens is 3. The third-order valence-electron chi connectivity index (χ3n) is 3.77. The lowest BCUT2D eigenvalue weighted by Gasteiger charge is -2.36. The van der Waals surface area contributed by atoms with Gasteiger partial charge in [0.05, 0.1) is 11.9 Å². The van der Waals surface area contributed by atoms with E-state index in [9.17, 15) is 4.79 Å². The van der Waals surface area contributed by atoms with Gasteiger partial charge >= 0.3 is 0 Å². The van der Waals surface area contributed by atoms with Crippen LogP contribution in [0.1, 0.15) is 5.69 Å². The number of nitriles is 1. The Bertz CT molecular complexity index is 770. The summed E-state index contributed by atoms with van der Waals surface area (Å²) >= 11 is 0. The molecule has 0 amide bonds. The average Bonchev–Trinajstić information content (AvgIpc) is 2.57. The number of nitrogens with zero attached hydrogens (tertiary/aromatic N) is 6. The summed E-state index contributed by atoms with van der Waals surface area (Å²) in [6, 6.07) is 9.13. The molecule has 0 N–H and O–H groups in total. The van der Waals surface area contributed by atoms with Crippen LogP contribution in [-0.2, 0) is 7.05 Å². The van der Waals surface area contributed by atoms with E-state index in [1.165, 1.54) is 4.68 Å². The van der Waals surface area contributed by atoms with Crippen molar-refractivity contribution in [2.45, 2.75) is 0 Å². The highest BCUT2D eigenvalue weighted by Crippen LogP contribution is 2.17. The Labute approximate surface area is 128 Å². The van der Waals surface area contributed by atoms with Gasteiger partial charge in [-0.05, 0) is 12.1 Å². The van der Waals surface area contributed by atoms with Gasteiger partial charge in [-0.25, -0.2) is 9.67 Å². The average molecular weight is 296 g/mol. The number of hydrogen-bond acceptors (Lipinski definition) is 6. The Morgan fingerprint density at radius 3 is 2.59 bits per heavy atom. The normalized spacial score (nSPS) is 14.7. The van der Waals surface area contributed by atoms with Crippen molar-refractivity contribution in [3.63, 3.8) is 0 Å². The maximum Gasteiger partial charge on any atom is 0.268 e. The molecule has 0 bridgehead atoms. The Hall–Kier alpha value is -2.88. The molecule has 1 aliphatic heterocycles. The molecule has 1 aliphatic rings. The number of hydrogen-bond donors (Lipinski definition) is 0. The second-order valence-electron chi connectivity index (χ2n) is 5.14. The third kappa shape index (κ3) is 2.76. The molecule has 0 atom stereocenters. The van der Waals surface area contributed by atoms with E-state index in [1.54, 1.807) is 25.4 Å². The van der Waals surface area contributed by atoms with Gasteiger partial charge in [0.2, 0.25) is 0 Å². The van der Waals surface area contributed by atoms with Crippen LogP contribution in [0.3, 0.4) is 0 Å². The van der Waals surface area contributed by atoms with Gasteiger partial charge < -0.3 is 9.80 Å². The van der Waals surface area contributed by atoms with Gasteiger partial charge in [-0.15, -0.1) is 0 Å². The summed E-state index contributed by atoms with van der Waals surface area (Å²) in [7, 11) is 1.64. The monoisotopic (exact) mass is 296 g/mol. The first-order valence-electron chi connectivity index (χ1n) is 7.08. The maximum atomic E-state index is 11.7. The van der Waals surface area contributed by atoms with E-state index in [1.807, 2.05) is 12.1 Å². The lowest BCUT2D eigenvalue weighted by atomic mass is 10.2. The van der Waals surface area contributed by atoms with Crippen molar-refractivity contribution in [2.75, 3.05) is 36.0 Å². The Morgan fingerprint density at radius 1 is 1.18 bits per heavy atom. The number of rotatable bonds is 2. The van der Waals surface area contributed by atoms with E-state index < -0.39 is 0 Å². The third-order valence-corrected chi connectivity index (χ3v) is 3.77. The predicted molar refractivity (Wildman–Crippen MR) is 82.9 cm³/mol. The molecule has 1 saturated heterocycles. The van der Waals surface area contributed by atoms with Gasteiger partial charge in [0.25, 0.3) is 5.56 Å². The fourth-order valence-corrected chi connectivity index (χ4v) is 2.49. The van der Waals surface area contributed by atoms with E-state index in [4.69, 9.17) is 5.26 Å². The quantitative estimate of drug-likeness (QED) is 0.797. The van der Waals surface area contributed by atoms with Gasteiger partial charge in [-0.3, -0.25) is 4.79 Å². The fourth-order valence-electron chi connectivity index (χ4n) is 2.49. The van der Waals surface area contributed by atoms with Crippen LogP contribution in [0.15, 0.2) is 35.3 Å². The molecule has 112 valence electrons. The molecular formula is C15H16N6O. The number of aryl methyl sites for hydroxylation is 1. The van der Waals surface area contributed by atoms with Crippen LogP contribution >= 0.6 is 0 Å². The van der Waals surface area contributed by atoms with Crippen molar-refractivity contribution in [3.8, 4) is 6.07 Å². The molecule has 1 fully saturated rings. The summed E-state index contributed by atoms with van der Waals surface area (Å²) in [6.45, 7) is 3.15. The molecular weight excluding hydrogens is 280 g/mol. The van der Waals surface area contributed by atoms with E-state index in [0.717, 1.165) is 37.7 Å². The van der Waals surface area contributed by atoms with Crippen LogP contribution in [0.2, 0.25) is 0 Å². The second-order valence-corrected chi connectivity index (χ2v) is 5.14. The zero-order valence-corrected chi connectivity index (χ0v) is 12.3. The Morgan fingerprint density at radius 2 is 1.91 bits per heavy atom. The van der Waals surface area contributed by atoms with Gasteiger partial charge in [0.1, 0.15) is 17.6 Å².